The summed E-state index contributed by atoms with van der Waals surface area (Å²) in [5.41, 5.74) is 7.63. The molecule has 3 nitrogen and oxygen atoms in total. The fraction of sp³-hybridized carbons (Fsp3) is 0.182. The van der Waals surface area contributed by atoms with Gasteiger partial charge >= 0.3 is 0 Å². The number of rotatable bonds is 3. The Balaban J connectivity index is 2.17. The fourth-order valence-electron chi connectivity index (χ4n) is 1.37. The van der Waals surface area contributed by atoms with Gasteiger partial charge in [-0.15, -0.1) is 0 Å². The predicted octanol–water partition coefficient (Wildman–Crippen LogP) is 3.55. The van der Waals surface area contributed by atoms with E-state index >= 15 is 0 Å². The van der Waals surface area contributed by atoms with Crippen LogP contribution in [0.5, 0.6) is 0 Å². The van der Waals surface area contributed by atoms with Gasteiger partial charge in [0.25, 0.3) is 0 Å². The van der Waals surface area contributed by atoms with E-state index in [0.717, 1.165) is 0 Å². The van der Waals surface area contributed by atoms with Crippen LogP contribution in [0.15, 0.2) is 29.0 Å². The maximum atomic E-state index is 5.82. The van der Waals surface area contributed by atoms with Crippen LogP contribution in [0.4, 0.5) is 11.5 Å². The van der Waals surface area contributed by atoms with Crippen LogP contribution in [0.2, 0.25) is 5.15 Å². The molecule has 0 radical (unpaired) electrons. The molecule has 1 atom stereocenters. The van der Waals surface area contributed by atoms with Crippen molar-refractivity contribution in [1.82, 2.24) is 4.98 Å². The van der Waals surface area contributed by atoms with Crippen LogP contribution < -0.4 is 11.1 Å². The molecule has 0 bridgehead atoms. The first kappa shape index (κ1) is 11.2. The van der Waals surface area contributed by atoms with E-state index in [1.54, 1.807) is 23.5 Å². The van der Waals surface area contributed by atoms with Crippen molar-refractivity contribution >= 4 is 34.4 Å². The monoisotopic (exact) mass is 253 g/mol. The molecule has 2 rings (SSSR count). The van der Waals surface area contributed by atoms with Crippen molar-refractivity contribution in [3.05, 3.63) is 39.7 Å². The smallest absolute Gasteiger partial charge is 0.151 e. The summed E-state index contributed by atoms with van der Waals surface area (Å²) < 4.78 is 0. The molecule has 2 aromatic rings. The molecule has 3 N–H and O–H groups in total. The van der Waals surface area contributed by atoms with E-state index in [9.17, 15) is 0 Å². The minimum Gasteiger partial charge on any atom is -0.396 e. The Hall–Kier alpha value is -1.26. The Morgan fingerprint density at radius 2 is 2.25 bits per heavy atom. The van der Waals surface area contributed by atoms with E-state index in [2.05, 4.69) is 28.7 Å². The molecule has 0 aliphatic rings. The van der Waals surface area contributed by atoms with Crippen LogP contribution in [0.25, 0.3) is 0 Å². The highest BCUT2D eigenvalue weighted by atomic mass is 35.5. The van der Waals surface area contributed by atoms with Crippen molar-refractivity contribution in [2.24, 2.45) is 0 Å². The van der Waals surface area contributed by atoms with Gasteiger partial charge in [0.15, 0.2) is 5.82 Å². The van der Waals surface area contributed by atoms with Gasteiger partial charge in [0.2, 0.25) is 0 Å². The molecular formula is C11H12ClN3S. The van der Waals surface area contributed by atoms with E-state index in [1.807, 2.05) is 5.38 Å². The number of thiophene rings is 1. The Kier molecular flexibility index (Phi) is 3.31. The minimum atomic E-state index is 0.166. The molecule has 2 heterocycles. The van der Waals surface area contributed by atoms with Gasteiger partial charge in [-0.05, 0) is 41.4 Å². The van der Waals surface area contributed by atoms with Crippen molar-refractivity contribution < 1.29 is 0 Å². The van der Waals surface area contributed by atoms with Gasteiger partial charge in [-0.2, -0.15) is 11.3 Å². The molecule has 84 valence electrons. The lowest BCUT2D eigenvalue weighted by atomic mass is 10.2. The third kappa shape index (κ3) is 2.46. The normalized spacial score (nSPS) is 12.4. The predicted molar refractivity (Wildman–Crippen MR) is 70.0 cm³/mol. The highest BCUT2D eigenvalue weighted by molar-refractivity contribution is 7.07. The second-order valence-corrected chi connectivity index (χ2v) is 4.66. The molecular weight excluding hydrogens is 242 g/mol. The Bertz CT molecular complexity index is 470. The third-order valence-corrected chi connectivity index (χ3v) is 3.20. The van der Waals surface area contributed by atoms with Crippen LogP contribution in [-0.2, 0) is 0 Å². The van der Waals surface area contributed by atoms with Crippen molar-refractivity contribution in [2.75, 3.05) is 11.1 Å². The highest BCUT2D eigenvalue weighted by Gasteiger charge is 2.08. The number of pyridine rings is 1. The SMILES string of the molecule is CC(Nc1nc(Cl)ccc1N)c1ccsc1. The quantitative estimate of drug-likeness (QED) is 0.823. The van der Waals surface area contributed by atoms with E-state index < -0.39 is 0 Å². The first-order chi connectivity index (χ1) is 7.66. The minimum absolute atomic E-state index is 0.166. The van der Waals surface area contributed by atoms with Gasteiger partial charge in [0.1, 0.15) is 5.15 Å². The molecule has 2 aromatic heterocycles. The number of nitrogen functional groups attached to an aromatic ring is 1. The number of nitrogens with two attached hydrogens (primary N) is 1. The van der Waals surface area contributed by atoms with Crippen LogP contribution in [0, 0.1) is 0 Å². The molecule has 0 saturated carbocycles. The Morgan fingerprint density at radius 1 is 1.44 bits per heavy atom. The van der Waals surface area contributed by atoms with Gasteiger partial charge in [-0.25, -0.2) is 4.98 Å². The van der Waals surface area contributed by atoms with Gasteiger partial charge < -0.3 is 11.1 Å². The number of hydrogen-bond donors (Lipinski definition) is 2. The first-order valence-corrected chi connectivity index (χ1v) is 6.19. The Labute approximate surface area is 103 Å². The molecule has 0 fully saturated rings. The van der Waals surface area contributed by atoms with Gasteiger partial charge in [0, 0.05) is 0 Å². The average Bonchev–Trinajstić information content (AvgIpc) is 2.76. The van der Waals surface area contributed by atoms with Crippen LogP contribution in [-0.4, -0.2) is 4.98 Å². The number of aromatic nitrogens is 1. The highest BCUT2D eigenvalue weighted by Crippen LogP contribution is 2.24. The van der Waals surface area contributed by atoms with Gasteiger partial charge in [0.05, 0.1) is 11.7 Å². The van der Waals surface area contributed by atoms with Crippen molar-refractivity contribution in [3.8, 4) is 0 Å². The second kappa shape index (κ2) is 4.72. The summed E-state index contributed by atoms with van der Waals surface area (Å²) in [5.74, 6) is 0.631. The van der Waals surface area contributed by atoms with Gasteiger partial charge in [-0.1, -0.05) is 11.6 Å². The summed E-state index contributed by atoms with van der Waals surface area (Å²) in [6.45, 7) is 2.06. The van der Waals surface area contributed by atoms with Gasteiger partial charge in [-0.3, -0.25) is 0 Å². The Morgan fingerprint density at radius 3 is 2.94 bits per heavy atom. The van der Waals surface area contributed by atoms with Crippen molar-refractivity contribution in [1.29, 1.82) is 0 Å². The number of anilines is 2. The molecule has 5 heteroatoms. The van der Waals surface area contributed by atoms with Crippen LogP contribution >= 0.6 is 22.9 Å². The zero-order chi connectivity index (χ0) is 11.5. The maximum absolute atomic E-state index is 5.82. The van der Waals surface area contributed by atoms with Crippen LogP contribution in [0.1, 0.15) is 18.5 Å². The molecule has 0 saturated heterocycles. The average molecular weight is 254 g/mol. The molecule has 0 aliphatic heterocycles. The topological polar surface area (TPSA) is 50.9 Å². The van der Waals surface area contributed by atoms with E-state index in [-0.39, 0.29) is 6.04 Å². The summed E-state index contributed by atoms with van der Waals surface area (Å²) in [4.78, 5) is 4.16. The van der Waals surface area contributed by atoms with Crippen LogP contribution in [0.3, 0.4) is 0 Å². The zero-order valence-corrected chi connectivity index (χ0v) is 10.3. The number of nitrogens with zero attached hydrogens (tertiary/aromatic N) is 1. The lowest BCUT2D eigenvalue weighted by molar-refractivity contribution is 0.881. The molecule has 0 amide bonds. The maximum Gasteiger partial charge on any atom is 0.151 e. The van der Waals surface area contributed by atoms with E-state index in [0.29, 0.717) is 16.7 Å². The van der Waals surface area contributed by atoms with Crippen molar-refractivity contribution in [3.63, 3.8) is 0 Å². The summed E-state index contributed by atoms with van der Waals surface area (Å²) in [6.07, 6.45) is 0. The first-order valence-electron chi connectivity index (χ1n) is 4.87. The lowest BCUT2D eigenvalue weighted by Gasteiger charge is -2.14. The zero-order valence-electron chi connectivity index (χ0n) is 8.77. The lowest BCUT2D eigenvalue weighted by Crippen LogP contribution is -2.09. The largest absolute Gasteiger partial charge is 0.396 e. The standard InChI is InChI=1S/C11H12ClN3S/c1-7(8-4-5-16-6-8)14-11-9(13)2-3-10(12)15-11/h2-7H,13H2,1H3,(H,14,15). The number of nitrogens with one attached hydrogen (secondary N) is 1. The molecule has 1 unspecified atom stereocenters. The third-order valence-electron chi connectivity index (χ3n) is 2.29. The molecule has 0 aliphatic carbocycles. The summed E-state index contributed by atoms with van der Waals surface area (Å²) in [6, 6.07) is 5.66. The molecule has 16 heavy (non-hydrogen) atoms. The summed E-state index contributed by atoms with van der Waals surface area (Å²) in [5, 5.41) is 7.82. The molecule has 0 spiro atoms. The second-order valence-electron chi connectivity index (χ2n) is 3.49. The van der Waals surface area contributed by atoms with E-state index in [4.69, 9.17) is 17.3 Å². The fourth-order valence-corrected chi connectivity index (χ4v) is 2.27. The number of halogens is 1. The van der Waals surface area contributed by atoms with E-state index in [1.165, 1.54) is 5.56 Å². The summed E-state index contributed by atoms with van der Waals surface area (Å²) >= 11 is 7.49. The molecule has 0 aromatic carbocycles. The number of hydrogen-bond acceptors (Lipinski definition) is 4. The summed E-state index contributed by atoms with van der Waals surface area (Å²) in [7, 11) is 0. The van der Waals surface area contributed by atoms with Crippen molar-refractivity contribution in [2.45, 2.75) is 13.0 Å².